The minimum Gasteiger partial charge on any atom is -0.354 e. The maximum Gasteiger partial charge on any atom is 0.332 e. The van der Waals surface area contributed by atoms with Crippen LogP contribution >= 0.6 is 11.6 Å². The van der Waals surface area contributed by atoms with Gasteiger partial charge in [-0.2, -0.15) is 10.1 Å². The van der Waals surface area contributed by atoms with Crippen LogP contribution in [0, 0.1) is 17.0 Å². The minimum atomic E-state index is -0.554. The molecule has 0 aromatic carbocycles. The number of hydrogen-bond acceptors (Lipinski definition) is 7. The van der Waals surface area contributed by atoms with Crippen LogP contribution in [0.5, 0.6) is 0 Å². The molecule has 0 bridgehead atoms. The summed E-state index contributed by atoms with van der Waals surface area (Å²) < 4.78 is 0. The summed E-state index contributed by atoms with van der Waals surface area (Å²) in [6.07, 6.45) is 1.35. The lowest BCUT2D eigenvalue weighted by atomic mass is 10.3. The number of anilines is 1. The zero-order valence-corrected chi connectivity index (χ0v) is 10.8. The summed E-state index contributed by atoms with van der Waals surface area (Å²) >= 11 is 5.71. The van der Waals surface area contributed by atoms with Gasteiger partial charge in [0, 0.05) is 0 Å². The van der Waals surface area contributed by atoms with Gasteiger partial charge in [0.05, 0.1) is 11.0 Å². The summed E-state index contributed by atoms with van der Waals surface area (Å²) in [5.74, 6) is 0.577. The Morgan fingerprint density at radius 1 is 1.53 bits per heavy atom. The lowest BCUT2D eigenvalue weighted by Crippen LogP contribution is -2.12. The number of H-pyrrole nitrogens is 1. The van der Waals surface area contributed by atoms with Crippen LogP contribution in [0.1, 0.15) is 24.5 Å². The molecule has 2 rings (SSSR count). The van der Waals surface area contributed by atoms with E-state index in [1.807, 2.05) is 0 Å². The first-order valence-corrected chi connectivity index (χ1v) is 5.67. The lowest BCUT2D eigenvalue weighted by molar-refractivity contribution is -0.385. The first-order valence-electron chi connectivity index (χ1n) is 5.29. The highest BCUT2D eigenvalue weighted by Crippen LogP contribution is 2.28. The van der Waals surface area contributed by atoms with E-state index in [0.29, 0.717) is 5.82 Å². The van der Waals surface area contributed by atoms with Crippen molar-refractivity contribution in [2.24, 2.45) is 0 Å². The van der Waals surface area contributed by atoms with E-state index in [1.54, 1.807) is 6.92 Å². The van der Waals surface area contributed by atoms with Crippen LogP contribution in [-0.4, -0.2) is 30.1 Å². The molecule has 2 aromatic heterocycles. The molecule has 1 unspecified atom stereocenters. The first kappa shape index (κ1) is 13.1. The lowest BCUT2D eigenvalue weighted by Gasteiger charge is -2.12. The largest absolute Gasteiger partial charge is 0.354 e. The van der Waals surface area contributed by atoms with Crippen molar-refractivity contribution in [1.29, 1.82) is 0 Å². The molecule has 0 amide bonds. The molecule has 0 aliphatic carbocycles. The van der Waals surface area contributed by atoms with Gasteiger partial charge in [0.1, 0.15) is 17.8 Å². The van der Waals surface area contributed by atoms with Gasteiger partial charge in [-0.1, -0.05) is 0 Å². The molecule has 0 saturated heterocycles. The second-order valence-corrected chi connectivity index (χ2v) is 4.11. The third kappa shape index (κ3) is 2.76. The van der Waals surface area contributed by atoms with E-state index < -0.39 is 4.92 Å². The number of aromatic amines is 1. The Hall–Kier alpha value is -2.29. The molecule has 0 aliphatic heterocycles. The molecule has 19 heavy (non-hydrogen) atoms. The fourth-order valence-corrected chi connectivity index (χ4v) is 1.76. The van der Waals surface area contributed by atoms with Gasteiger partial charge in [0.15, 0.2) is 0 Å². The summed E-state index contributed by atoms with van der Waals surface area (Å²) in [6, 6.07) is -0.341. The molecule has 0 fully saturated rings. The van der Waals surface area contributed by atoms with Crippen LogP contribution < -0.4 is 5.32 Å². The second-order valence-electron chi connectivity index (χ2n) is 3.77. The minimum absolute atomic E-state index is 0.0476. The summed E-state index contributed by atoms with van der Waals surface area (Å²) in [5, 5.41) is 20.2. The van der Waals surface area contributed by atoms with Crippen LogP contribution in [0.4, 0.5) is 11.5 Å². The number of halogens is 1. The predicted molar refractivity (Wildman–Crippen MR) is 66.9 cm³/mol. The van der Waals surface area contributed by atoms with E-state index in [-0.39, 0.29) is 28.5 Å². The molecule has 100 valence electrons. The molecule has 1 atom stereocenters. The topological polar surface area (TPSA) is 123 Å². The van der Waals surface area contributed by atoms with Crippen LogP contribution in [0.2, 0.25) is 5.28 Å². The Morgan fingerprint density at radius 2 is 2.26 bits per heavy atom. The van der Waals surface area contributed by atoms with E-state index in [4.69, 9.17) is 11.6 Å². The number of aryl methyl sites for hydroxylation is 1. The predicted octanol–water partition coefficient (Wildman–Crippen LogP) is 1.64. The zero-order valence-electron chi connectivity index (χ0n) is 10.1. The molecule has 0 spiro atoms. The summed E-state index contributed by atoms with van der Waals surface area (Å²) in [7, 11) is 0. The van der Waals surface area contributed by atoms with Gasteiger partial charge in [-0.05, 0) is 25.4 Å². The van der Waals surface area contributed by atoms with Crippen LogP contribution in [0.3, 0.4) is 0 Å². The van der Waals surface area contributed by atoms with Gasteiger partial charge in [0.2, 0.25) is 11.1 Å². The Kier molecular flexibility index (Phi) is 3.56. The normalized spacial score (nSPS) is 12.2. The average molecular weight is 284 g/mol. The molecular formula is C9H10ClN7O2. The number of rotatable bonds is 4. The molecule has 2 aromatic rings. The Morgan fingerprint density at radius 3 is 2.84 bits per heavy atom. The zero-order chi connectivity index (χ0) is 14.0. The van der Waals surface area contributed by atoms with E-state index in [2.05, 4.69) is 30.5 Å². The smallest absolute Gasteiger partial charge is 0.332 e. The van der Waals surface area contributed by atoms with E-state index in [0.717, 1.165) is 0 Å². The fraction of sp³-hybridized carbons (Fsp3) is 0.333. The highest BCUT2D eigenvalue weighted by Gasteiger charge is 2.23. The van der Waals surface area contributed by atoms with Crippen molar-refractivity contribution in [3.05, 3.63) is 33.2 Å². The maximum atomic E-state index is 11.0. The summed E-state index contributed by atoms with van der Waals surface area (Å²) in [4.78, 5) is 22.0. The molecule has 0 saturated carbocycles. The van der Waals surface area contributed by atoms with Crippen LogP contribution in [-0.2, 0) is 0 Å². The van der Waals surface area contributed by atoms with Crippen molar-refractivity contribution in [3.8, 4) is 0 Å². The van der Waals surface area contributed by atoms with Gasteiger partial charge < -0.3 is 5.32 Å². The molecule has 2 heterocycles. The van der Waals surface area contributed by atoms with Crippen LogP contribution in [0.15, 0.2) is 6.33 Å². The number of hydrogen-bond donors (Lipinski definition) is 2. The summed E-state index contributed by atoms with van der Waals surface area (Å²) in [6.45, 7) is 3.26. The third-order valence-electron chi connectivity index (χ3n) is 2.41. The molecular weight excluding hydrogens is 274 g/mol. The third-order valence-corrected chi connectivity index (χ3v) is 2.58. The van der Waals surface area contributed by atoms with Gasteiger partial charge in [-0.25, -0.2) is 9.97 Å². The van der Waals surface area contributed by atoms with Crippen molar-refractivity contribution in [3.63, 3.8) is 0 Å². The van der Waals surface area contributed by atoms with Crippen molar-refractivity contribution < 1.29 is 4.92 Å². The molecule has 9 nitrogen and oxygen atoms in total. The average Bonchev–Trinajstić information content (AvgIpc) is 2.80. The first-order chi connectivity index (χ1) is 8.99. The molecule has 0 aliphatic rings. The second kappa shape index (κ2) is 5.14. The van der Waals surface area contributed by atoms with E-state index in [1.165, 1.54) is 13.3 Å². The monoisotopic (exact) mass is 283 g/mol. The Labute approximate surface area is 112 Å². The number of nitrogens with one attached hydrogen (secondary N) is 2. The van der Waals surface area contributed by atoms with Crippen molar-refractivity contribution in [2.45, 2.75) is 19.9 Å². The van der Waals surface area contributed by atoms with Crippen LogP contribution in [0.25, 0.3) is 0 Å². The van der Waals surface area contributed by atoms with Gasteiger partial charge in [-0.15, -0.1) is 0 Å². The Bertz CT molecular complexity index is 601. The maximum absolute atomic E-state index is 11.0. The van der Waals surface area contributed by atoms with Gasteiger partial charge >= 0.3 is 5.69 Å². The highest BCUT2D eigenvalue weighted by atomic mass is 35.5. The number of nitro groups is 1. The van der Waals surface area contributed by atoms with E-state index >= 15 is 0 Å². The highest BCUT2D eigenvalue weighted by molar-refractivity contribution is 6.28. The molecule has 2 N–H and O–H groups in total. The SMILES string of the molecule is Cc1nc(Cl)nc(NC(C)c2ncn[nH]2)c1[N+](=O)[O-]. The van der Waals surface area contributed by atoms with Gasteiger partial charge in [-0.3, -0.25) is 15.2 Å². The number of aromatic nitrogens is 5. The van der Waals surface area contributed by atoms with Crippen molar-refractivity contribution in [1.82, 2.24) is 25.1 Å². The standard InChI is InChI=1S/C9H10ClN7O2/c1-4-6(17(18)19)8(15-9(10)14-4)13-5(2)7-11-3-12-16-7/h3,5H,1-2H3,(H,11,12,16)(H,13,14,15). The fourth-order valence-electron chi connectivity index (χ4n) is 1.55. The van der Waals surface area contributed by atoms with Crippen molar-refractivity contribution in [2.75, 3.05) is 5.32 Å². The Balaban J connectivity index is 2.36. The quantitative estimate of drug-likeness (QED) is 0.496. The van der Waals surface area contributed by atoms with Gasteiger partial charge in [0.25, 0.3) is 0 Å². The molecule has 10 heteroatoms. The van der Waals surface area contributed by atoms with Crippen molar-refractivity contribution >= 4 is 23.1 Å². The number of nitrogens with zero attached hydrogens (tertiary/aromatic N) is 5. The summed E-state index contributed by atoms with van der Waals surface area (Å²) in [5.41, 5.74) is -0.0203. The molecule has 0 radical (unpaired) electrons. The van der Waals surface area contributed by atoms with E-state index in [9.17, 15) is 10.1 Å².